The van der Waals surface area contributed by atoms with E-state index in [4.69, 9.17) is 10.5 Å². The molecule has 2 N–H and O–H groups in total. The predicted octanol–water partition coefficient (Wildman–Crippen LogP) is 2.90. The van der Waals surface area contributed by atoms with E-state index in [0.29, 0.717) is 22.7 Å². The number of sulfonamides is 1. The summed E-state index contributed by atoms with van der Waals surface area (Å²) in [5, 5.41) is 0. The molecule has 1 saturated carbocycles. The molecule has 25 heavy (non-hydrogen) atoms. The van der Waals surface area contributed by atoms with Crippen LogP contribution in [0.3, 0.4) is 0 Å². The minimum Gasteiger partial charge on any atom is -0.496 e. The fraction of sp³-hybridized carbons (Fsp3) is 0.588. The van der Waals surface area contributed by atoms with Crippen LogP contribution in [-0.4, -0.2) is 38.8 Å². The van der Waals surface area contributed by atoms with E-state index in [0.717, 1.165) is 19.3 Å². The molecule has 1 aliphatic rings. The Bertz CT molecular complexity index is 703. The summed E-state index contributed by atoms with van der Waals surface area (Å²) < 4.78 is 32.8. The van der Waals surface area contributed by atoms with E-state index in [2.05, 4.69) is 15.9 Å². The van der Waals surface area contributed by atoms with Crippen molar-refractivity contribution in [3.63, 3.8) is 0 Å². The Balaban J connectivity index is 2.18. The molecule has 1 aromatic rings. The van der Waals surface area contributed by atoms with Gasteiger partial charge in [0.15, 0.2) is 0 Å². The van der Waals surface area contributed by atoms with Crippen LogP contribution in [0.2, 0.25) is 0 Å². The van der Waals surface area contributed by atoms with Crippen molar-refractivity contribution < 1.29 is 17.9 Å². The lowest BCUT2D eigenvalue weighted by Crippen LogP contribution is -2.39. The predicted molar refractivity (Wildman–Crippen MR) is 99.8 cm³/mol. The number of carbonyl (C=O) groups excluding carboxylic acids is 1. The number of ether oxygens (including phenoxy) is 1. The van der Waals surface area contributed by atoms with Gasteiger partial charge in [-0.15, -0.1) is 0 Å². The van der Waals surface area contributed by atoms with E-state index < -0.39 is 15.9 Å². The van der Waals surface area contributed by atoms with E-state index in [1.807, 2.05) is 0 Å². The molecule has 140 valence electrons. The standard InChI is InChI=1S/C17H25BrN2O4S/c1-24-16-8-7-14(11-15(16)18)25(22,23)20(12-17(19)21)10-9-13-5-3-2-4-6-13/h7-8,11,13H,2-6,9-10,12H2,1H3,(H2,19,21). The third-order valence-electron chi connectivity index (χ3n) is 4.60. The molecule has 0 bridgehead atoms. The zero-order chi connectivity index (χ0) is 18.4. The topological polar surface area (TPSA) is 89.7 Å². The van der Waals surface area contributed by atoms with Crippen molar-refractivity contribution in [1.29, 1.82) is 0 Å². The van der Waals surface area contributed by atoms with Crippen molar-refractivity contribution in [3.05, 3.63) is 22.7 Å². The zero-order valence-corrected chi connectivity index (χ0v) is 16.8. The van der Waals surface area contributed by atoms with Crippen LogP contribution in [0.1, 0.15) is 38.5 Å². The number of nitrogens with two attached hydrogens (primary N) is 1. The molecule has 0 atom stereocenters. The third-order valence-corrected chi connectivity index (χ3v) is 7.07. The Morgan fingerprint density at radius 3 is 2.56 bits per heavy atom. The molecule has 6 nitrogen and oxygen atoms in total. The van der Waals surface area contributed by atoms with Gasteiger partial charge in [-0.05, 0) is 46.5 Å². The second kappa shape index (κ2) is 9.00. The van der Waals surface area contributed by atoms with Gasteiger partial charge < -0.3 is 10.5 Å². The van der Waals surface area contributed by atoms with Crippen LogP contribution in [0.25, 0.3) is 0 Å². The SMILES string of the molecule is COc1ccc(S(=O)(=O)N(CCC2CCCCC2)CC(N)=O)cc1Br. The Labute approximate surface area is 157 Å². The van der Waals surface area contributed by atoms with E-state index in [1.54, 1.807) is 6.07 Å². The monoisotopic (exact) mass is 432 g/mol. The quantitative estimate of drug-likeness (QED) is 0.683. The number of carbonyl (C=O) groups is 1. The molecule has 2 rings (SSSR count). The molecule has 8 heteroatoms. The van der Waals surface area contributed by atoms with Crippen LogP contribution in [-0.2, 0) is 14.8 Å². The fourth-order valence-electron chi connectivity index (χ4n) is 3.22. The molecule has 1 aromatic carbocycles. The summed E-state index contributed by atoms with van der Waals surface area (Å²) >= 11 is 3.30. The first-order chi connectivity index (χ1) is 11.8. The smallest absolute Gasteiger partial charge is 0.243 e. The molecule has 0 aliphatic heterocycles. The molecular weight excluding hydrogens is 408 g/mol. The van der Waals surface area contributed by atoms with Gasteiger partial charge in [0.25, 0.3) is 0 Å². The lowest BCUT2D eigenvalue weighted by atomic mass is 9.87. The van der Waals surface area contributed by atoms with Gasteiger partial charge in [-0.1, -0.05) is 32.1 Å². The Hall–Kier alpha value is -1.12. The second-order valence-electron chi connectivity index (χ2n) is 6.39. The molecule has 0 saturated heterocycles. The molecule has 1 fully saturated rings. The van der Waals surface area contributed by atoms with Crippen molar-refractivity contribution in [3.8, 4) is 5.75 Å². The number of benzene rings is 1. The largest absolute Gasteiger partial charge is 0.496 e. The van der Waals surface area contributed by atoms with Gasteiger partial charge in [-0.25, -0.2) is 8.42 Å². The third kappa shape index (κ3) is 5.43. The van der Waals surface area contributed by atoms with Crippen molar-refractivity contribution in [2.24, 2.45) is 11.7 Å². The summed E-state index contributed by atoms with van der Waals surface area (Å²) in [6.07, 6.45) is 6.64. The lowest BCUT2D eigenvalue weighted by Gasteiger charge is -2.26. The highest BCUT2D eigenvalue weighted by molar-refractivity contribution is 9.10. The number of halogens is 1. The molecule has 0 aromatic heterocycles. The van der Waals surface area contributed by atoms with Crippen molar-refractivity contribution in [1.82, 2.24) is 4.31 Å². The maximum Gasteiger partial charge on any atom is 0.243 e. The van der Waals surface area contributed by atoms with Crippen LogP contribution in [0.15, 0.2) is 27.6 Å². The number of methoxy groups -OCH3 is 1. The molecule has 0 unspecified atom stereocenters. The Kier molecular flexibility index (Phi) is 7.27. The highest BCUT2D eigenvalue weighted by Gasteiger charge is 2.27. The summed E-state index contributed by atoms with van der Waals surface area (Å²) in [7, 11) is -2.29. The number of primary amides is 1. The van der Waals surface area contributed by atoms with Crippen LogP contribution in [0.4, 0.5) is 0 Å². The fourth-order valence-corrected chi connectivity index (χ4v) is 5.36. The van der Waals surface area contributed by atoms with Crippen molar-refractivity contribution in [2.45, 2.75) is 43.4 Å². The van der Waals surface area contributed by atoms with E-state index in [1.165, 1.54) is 42.8 Å². The number of hydrogen-bond acceptors (Lipinski definition) is 4. The van der Waals surface area contributed by atoms with Crippen molar-refractivity contribution in [2.75, 3.05) is 20.2 Å². The second-order valence-corrected chi connectivity index (χ2v) is 9.19. The van der Waals surface area contributed by atoms with Gasteiger partial charge in [0.2, 0.25) is 15.9 Å². The number of amides is 1. The summed E-state index contributed by atoms with van der Waals surface area (Å²) in [4.78, 5) is 11.5. The number of nitrogens with zero attached hydrogens (tertiary/aromatic N) is 1. The van der Waals surface area contributed by atoms with Gasteiger partial charge in [-0.3, -0.25) is 4.79 Å². The first-order valence-corrected chi connectivity index (χ1v) is 10.7. The maximum atomic E-state index is 12.9. The van der Waals surface area contributed by atoms with E-state index >= 15 is 0 Å². The minimum atomic E-state index is -3.80. The van der Waals surface area contributed by atoms with Gasteiger partial charge in [0.1, 0.15) is 5.75 Å². The van der Waals surface area contributed by atoms with Crippen LogP contribution in [0.5, 0.6) is 5.75 Å². The Morgan fingerprint density at radius 2 is 2.00 bits per heavy atom. The first-order valence-electron chi connectivity index (χ1n) is 8.46. The molecule has 1 amide bonds. The number of hydrogen-bond donors (Lipinski definition) is 1. The highest BCUT2D eigenvalue weighted by atomic mass is 79.9. The normalized spacial score (nSPS) is 16.1. The zero-order valence-electron chi connectivity index (χ0n) is 14.4. The molecule has 1 aliphatic carbocycles. The van der Waals surface area contributed by atoms with Gasteiger partial charge >= 0.3 is 0 Å². The van der Waals surface area contributed by atoms with Crippen LogP contribution >= 0.6 is 15.9 Å². The van der Waals surface area contributed by atoms with E-state index in [9.17, 15) is 13.2 Å². The summed E-state index contributed by atoms with van der Waals surface area (Å²) in [5.74, 6) is 0.407. The van der Waals surface area contributed by atoms with Crippen LogP contribution in [0, 0.1) is 5.92 Å². The Morgan fingerprint density at radius 1 is 1.32 bits per heavy atom. The van der Waals surface area contributed by atoms with E-state index in [-0.39, 0.29) is 11.4 Å². The summed E-state index contributed by atoms with van der Waals surface area (Å²) in [6, 6.07) is 4.55. The van der Waals surface area contributed by atoms with Gasteiger partial charge in [0, 0.05) is 6.54 Å². The van der Waals surface area contributed by atoms with Gasteiger partial charge in [0.05, 0.1) is 23.0 Å². The summed E-state index contributed by atoms with van der Waals surface area (Å²) in [5.41, 5.74) is 5.28. The van der Waals surface area contributed by atoms with Gasteiger partial charge in [-0.2, -0.15) is 4.31 Å². The average Bonchev–Trinajstić information content (AvgIpc) is 2.59. The number of rotatable bonds is 8. The molecule has 0 spiro atoms. The van der Waals surface area contributed by atoms with Crippen LogP contribution < -0.4 is 10.5 Å². The molecule has 0 radical (unpaired) electrons. The maximum absolute atomic E-state index is 12.9. The summed E-state index contributed by atoms with van der Waals surface area (Å²) in [6.45, 7) is -0.00170. The van der Waals surface area contributed by atoms with Crippen molar-refractivity contribution >= 4 is 31.9 Å². The lowest BCUT2D eigenvalue weighted by molar-refractivity contribution is -0.118. The highest BCUT2D eigenvalue weighted by Crippen LogP contribution is 2.30. The molecule has 0 heterocycles. The molecular formula is C17H25BrN2O4S. The first kappa shape index (κ1) is 20.2. The average molecular weight is 433 g/mol. The minimum absolute atomic E-state index is 0.116.